The SMILES string of the molecule is COc1ccc2oc([C@@H](C)N[S@@](=O)C(C)(C)C)cc2c1. The van der Waals surface area contributed by atoms with E-state index in [4.69, 9.17) is 9.15 Å². The van der Waals surface area contributed by atoms with Crippen molar-refractivity contribution in [2.75, 3.05) is 7.11 Å². The van der Waals surface area contributed by atoms with Crippen LogP contribution in [-0.4, -0.2) is 16.1 Å². The summed E-state index contributed by atoms with van der Waals surface area (Å²) in [7, 11) is 0.507. The van der Waals surface area contributed by atoms with Crippen molar-refractivity contribution in [2.24, 2.45) is 0 Å². The molecule has 2 rings (SSSR count). The first kappa shape index (κ1) is 15.1. The number of furan rings is 1. The Hall–Kier alpha value is -1.33. The molecule has 0 unspecified atom stereocenters. The summed E-state index contributed by atoms with van der Waals surface area (Å²) in [6.07, 6.45) is 0. The van der Waals surface area contributed by atoms with Gasteiger partial charge in [-0.1, -0.05) is 0 Å². The first-order valence-electron chi connectivity index (χ1n) is 6.57. The van der Waals surface area contributed by atoms with E-state index in [1.807, 2.05) is 52.0 Å². The van der Waals surface area contributed by atoms with Gasteiger partial charge < -0.3 is 9.15 Å². The van der Waals surface area contributed by atoms with Crippen LogP contribution in [0.2, 0.25) is 0 Å². The molecule has 1 aromatic carbocycles. The summed E-state index contributed by atoms with van der Waals surface area (Å²) in [6, 6.07) is 7.51. The summed E-state index contributed by atoms with van der Waals surface area (Å²) >= 11 is 0. The molecular weight excluding hydrogens is 274 g/mol. The second-order valence-electron chi connectivity index (χ2n) is 5.77. The summed E-state index contributed by atoms with van der Waals surface area (Å²) in [6.45, 7) is 7.75. The fourth-order valence-electron chi connectivity index (χ4n) is 1.78. The monoisotopic (exact) mass is 295 g/mol. The number of methoxy groups -OCH3 is 1. The van der Waals surface area contributed by atoms with E-state index >= 15 is 0 Å². The summed E-state index contributed by atoms with van der Waals surface area (Å²) in [5.41, 5.74) is 0.802. The van der Waals surface area contributed by atoms with Gasteiger partial charge in [-0.2, -0.15) is 0 Å². The van der Waals surface area contributed by atoms with E-state index in [0.29, 0.717) is 0 Å². The highest BCUT2D eigenvalue weighted by Gasteiger charge is 2.23. The Morgan fingerprint density at radius 1 is 1.30 bits per heavy atom. The lowest BCUT2D eigenvalue weighted by Gasteiger charge is -2.20. The summed E-state index contributed by atoms with van der Waals surface area (Å²) < 4.78 is 25.9. The van der Waals surface area contributed by atoms with Crippen molar-refractivity contribution in [3.63, 3.8) is 0 Å². The Labute approximate surface area is 122 Å². The smallest absolute Gasteiger partial charge is 0.134 e. The van der Waals surface area contributed by atoms with Crippen LogP contribution in [0, 0.1) is 0 Å². The van der Waals surface area contributed by atoms with Gasteiger partial charge in [-0.3, -0.25) is 0 Å². The molecule has 20 heavy (non-hydrogen) atoms. The van der Waals surface area contributed by atoms with Crippen LogP contribution in [0.15, 0.2) is 28.7 Å². The van der Waals surface area contributed by atoms with E-state index in [0.717, 1.165) is 22.5 Å². The van der Waals surface area contributed by atoms with Gasteiger partial charge >= 0.3 is 0 Å². The van der Waals surface area contributed by atoms with Crippen LogP contribution in [0.5, 0.6) is 5.75 Å². The average Bonchev–Trinajstić information content (AvgIpc) is 2.80. The number of benzene rings is 1. The summed E-state index contributed by atoms with van der Waals surface area (Å²) in [5.74, 6) is 1.56. The molecule has 0 bridgehead atoms. The molecule has 4 nitrogen and oxygen atoms in total. The van der Waals surface area contributed by atoms with Crippen LogP contribution in [0.25, 0.3) is 11.0 Å². The maximum Gasteiger partial charge on any atom is 0.134 e. The van der Waals surface area contributed by atoms with Gasteiger partial charge in [0.25, 0.3) is 0 Å². The Kier molecular flexibility index (Phi) is 4.20. The lowest BCUT2D eigenvalue weighted by Crippen LogP contribution is -2.34. The maximum absolute atomic E-state index is 12.1. The quantitative estimate of drug-likeness (QED) is 0.938. The molecular formula is C15H21NO3S. The van der Waals surface area contributed by atoms with Gasteiger partial charge in [0.05, 0.1) is 28.9 Å². The minimum atomic E-state index is -1.13. The highest BCUT2D eigenvalue weighted by Crippen LogP contribution is 2.27. The minimum Gasteiger partial charge on any atom is -0.497 e. The van der Waals surface area contributed by atoms with Crippen molar-refractivity contribution in [2.45, 2.75) is 38.5 Å². The lowest BCUT2D eigenvalue weighted by molar-refractivity contribution is 0.415. The molecule has 0 aliphatic carbocycles. The Bertz CT molecular complexity index is 628. The Morgan fingerprint density at radius 3 is 2.60 bits per heavy atom. The predicted octanol–water partition coefficient (Wildman–Crippen LogP) is 3.55. The van der Waals surface area contributed by atoms with Crippen LogP contribution in [0.4, 0.5) is 0 Å². The third-order valence-electron chi connectivity index (χ3n) is 3.01. The molecule has 0 amide bonds. The molecule has 0 spiro atoms. The van der Waals surface area contributed by atoms with Crippen molar-refractivity contribution in [1.29, 1.82) is 0 Å². The van der Waals surface area contributed by atoms with Crippen molar-refractivity contribution in [3.05, 3.63) is 30.0 Å². The van der Waals surface area contributed by atoms with Crippen molar-refractivity contribution in [1.82, 2.24) is 4.72 Å². The van der Waals surface area contributed by atoms with E-state index < -0.39 is 11.0 Å². The molecule has 0 saturated heterocycles. The number of rotatable bonds is 4. The van der Waals surface area contributed by atoms with E-state index in [-0.39, 0.29) is 10.8 Å². The molecule has 110 valence electrons. The first-order chi connectivity index (χ1) is 9.31. The van der Waals surface area contributed by atoms with E-state index in [9.17, 15) is 4.21 Å². The standard InChI is InChI=1S/C15H21NO3S/c1-10(16-20(17)15(2,3)4)14-9-11-8-12(18-5)6-7-13(11)19-14/h6-10,16H,1-5H3/t10-,20+/m1/s1. The molecule has 0 aliphatic rings. The molecule has 1 N–H and O–H groups in total. The van der Waals surface area contributed by atoms with Crippen molar-refractivity contribution >= 4 is 22.0 Å². The van der Waals surface area contributed by atoms with E-state index in [1.54, 1.807) is 7.11 Å². The number of hydrogen-bond acceptors (Lipinski definition) is 3. The molecule has 5 heteroatoms. The fraction of sp³-hybridized carbons (Fsp3) is 0.467. The molecule has 0 aliphatic heterocycles. The Morgan fingerprint density at radius 2 is 2.00 bits per heavy atom. The minimum absolute atomic E-state index is 0.117. The highest BCUT2D eigenvalue weighted by molar-refractivity contribution is 7.84. The molecule has 0 fully saturated rings. The molecule has 1 heterocycles. The van der Waals surface area contributed by atoms with Crippen LogP contribution < -0.4 is 9.46 Å². The normalized spacial score (nSPS) is 15.2. The number of hydrogen-bond donors (Lipinski definition) is 1. The van der Waals surface area contributed by atoms with Gasteiger partial charge in [-0.05, 0) is 52.0 Å². The van der Waals surface area contributed by atoms with Crippen LogP contribution >= 0.6 is 0 Å². The zero-order valence-corrected chi connectivity index (χ0v) is 13.3. The van der Waals surface area contributed by atoms with Crippen molar-refractivity contribution < 1.29 is 13.4 Å². The first-order valence-corrected chi connectivity index (χ1v) is 7.72. The van der Waals surface area contributed by atoms with E-state index in [2.05, 4.69) is 4.72 Å². The van der Waals surface area contributed by atoms with Gasteiger partial charge in [0.15, 0.2) is 0 Å². The maximum atomic E-state index is 12.1. The lowest BCUT2D eigenvalue weighted by atomic mass is 10.2. The van der Waals surface area contributed by atoms with E-state index in [1.165, 1.54) is 0 Å². The third-order valence-corrected chi connectivity index (χ3v) is 4.69. The molecule has 0 radical (unpaired) electrons. The van der Waals surface area contributed by atoms with Crippen LogP contribution in [0.3, 0.4) is 0 Å². The van der Waals surface area contributed by atoms with Gasteiger partial charge in [0.2, 0.25) is 0 Å². The van der Waals surface area contributed by atoms with Gasteiger partial charge in [-0.25, -0.2) is 8.93 Å². The topological polar surface area (TPSA) is 51.5 Å². The number of ether oxygens (including phenoxy) is 1. The zero-order valence-electron chi connectivity index (χ0n) is 12.5. The second-order valence-corrected chi connectivity index (χ2v) is 7.77. The third kappa shape index (κ3) is 3.22. The largest absolute Gasteiger partial charge is 0.497 e. The molecule has 0 saturated carbocycles. The number of fused-ring (bicyclic) bond motifs is 1. The second kappa shape index (κ2) is 5.58. The fourth-order valence-corrected chi connectivity index (χ4v) is 2.57. The predicted molar refractivity (Wildman–Crippen MR) is 82.2 cm³/mol. The summed E-state index contributed by atoms with van der Waals surface area (Å²) in [4.78, 5) is 0. The zero-order chi connectivity index (χ0) is 14.9. The number of nitrogens with one attached hydrogen (secondary N) is 1. The average molecular weight is 295 g/mol. The molecule has 1 aromatic heterocycles. The van der Waals surface area contributed by atoms with Crippen LogP contribution in [0.1, 0.15) is 39.5 Å². The van der Waals surface area contributed by atoms with Crippen molar-refractivity contribution in [3.8, 4) is 5.75 Å². The highest BCUT2D eigenvalue weighted by atomic mass is 32.2. The van der Waals surface area contributed by atoms with Gasteiger partial charge in [0, 0.05) is 5.39 Å². The summed E-state index contributed by atoms with van der Waals surface area (Å²) in [5, 5.41) is 0.981. The molecule has 2 aromatic rings. The Balaban J connectivity index is 2.22. The molecule has 2 atom stereocenters. The van der Waals surface area contributed by atoms with Crippen LogP contribution in [-0.2, 0) is 11.0 Å². The van der Waals surface area contributed by atoms with Gasteiger partial charge in [0.1, 0.15) is 17.1 Å². The van der Waals surface area contributed by atoms with Gasteiger partial charge in [-0.15, -0.1) is 0 Å².